The predicted molar refractivity (Wildman–Crippen MR) is 70.7 cm³/mol. The van der Waals surface area contributed by atoms with E-state index in [9.17, 15) is 0 Å². The average molecular weight is 252 g/mol. The molecule has 1 rings (SSSR count). The Kier molecular flexibility index (Phi) is 9.50. The summed E-state index contributed by atoms with van der Waals surface area (Å²) in [5, 5.41) is 0. The van der Waals surface area contributed by atoms with Crippen LogP contribution in [0.5, 0.6) is 0 Å². The topological polar surface area (TPSA) is 4.44 Å². The van der Waals surface area contributed by atoms with E-state index in [-0.39, 0.29) is 12.4 Å². The molecule has 0 aliphatic heterocycles. The van der Waals surface area contributed by atoms with Crippen LogP contribution in [0.4, 0.5) is 0 Å². The second-order valence-corrected chi connectivity index (χ2v) is 4.07. The molecule has 0 atom stereocenters. The van der Waals surface area contributed by atoms with Crippen molar-refractivity contribution in [3.05, 3.63) is 61.2 Å². The van der Waals surface area contributed by atoms with Crippen LogP contribution in [0.25, 0.3) is 0 Å². The Morgan fingerprint density at radius 1 is 1.00 bits per heavy atom. The maximum absolute atomic E-state index is 3.79. The van der Waals surface area contributed by atoms with Crippen LogP contribution in [0.1, 0.15) is 12.0 Å². The van der Waals surface area contributed by atoms with E-state index in [4.69, 9.17) is 0 Å². The van der Waals surface area contributed by atoms with Crippen LogP contribution >= 0.6 is 0 Å². The van der Waals surface area contributed by atoms with E-state index in [1.54, 1.807) is 4.90 Å². The number of aryl methyl sites for hydroxylation is 1. The van der Waals surface area contributed by atoms with Crippen LogP contribution in [-0.4, -0.2) is 19.6 Å². The van der Waals surface area contributed by atoms with Crippen LogP contribution in [-0.2, 0) is 6.42 Å². The summed E-state index contributed by atoms with van der Waals surface area (Å²) in [5.41, 5.74) is 1.43. The fourth-order valence-electron chi connectivity index (χ4n) is 1.88. The van der Waals surface area contributed by atoms with Gasteiger partial charge in [0.2, 0.25) is 0 Å². The maximum Gasteiger partial charge on any atom is 0.0957 e. The molecular formula is C15H22ClN. The third-order valence-corrected chi connectivity index (χ3v) is 2.70. The van der Waals surface area contributed by atoms with Crippen LogP contribution < -0.4 is 17.3 Å². The van der Waals surface area contributed by atoms with E-state index in [2.05, 4.69) is 43.5 Å². The minimum Gasteiger partial charge on any atom is -1.00 e. The summed E-state index contributed by atoms with van der Waals surface area (Å²) < 4.78 is 0. The molecule has 0 unspecified atom stereocenters. The van der Waals surface area contributed by atoms with Crippen molar-refractivity contribution in [2.45, 2.75) is 12.8 Å². The lowest BCUT2D eigenvalue weighted by molar-refractivity contribution is -0.888. The number of hydrogen-bond donors (Lipinski definition) is 1. The van der Waals surface area contributed by atoms with Gasteiger partial charge in [-0.2, -0.15) is 0 Å². The van der Waals surface area contributed by atoms with Crippen LogP contribution in [0.3, 0.4) is 0 Å². The van der Waals surface area contributed by atoms with Crippen LogP contribution in [0, 0.1) is 0 Å². The molecule has 0 aliphatic rings. The standard InChI is InChI=1S/C15H21N.ClH/c1-3-12-16(13-4-2)14-8-11-15-9-6-5-7-10-15;/h3-7,9-10H,1-2,8,11-14H2;1H. The highest BCUT2D eigenvalue weighted by Gasteiger charge is 2.03. The molecule has 94 valence electrons. The smallest absolute Gasteiger partial charge is 0.0957 e. The molecule has 1 nitrogen and oxygen atoms in total. The van der Waals surface area contributed by atoms with Gasteiger partial charge in [-0.15, -0.1) is 0 Å². The van der Waals surface area contributed by atoms with Gasteiger partial charge in [-0.05, 0) is 24.1 Å². The van der Waals surface area contributed by atoms with Gasteiger partial charge >= 0.3 is 0 Å². The zero-order chi connectivity index (χ0) is 11.6. The monoisotopic (exact) mass is 251 g/mol. The number of nitrogens with one attached hydrogen (secondary N) is 1. The Morgan fingerprint density at radius 2 is 1.59 bits per heavy atom. The Balaban J connectivity index is 0.00000256. The quantitative estimate of drug-likeness (QED) is 0.559. The molecule has 2 heteroatoms. The van der Waals surface area contributed by atoms with Crippen molar-refractivity contribution < 1.29 is 17.3 Å². The summed E-state index contributed by atoms with van der Waals surface area (Å²) in [7, 11) is 0. The summed E-state index contributed by atoms with van der Waals surface area (Å²) in [6.45, 7) is 10.8. The van der Waals surface area contributed by atoms with Crippen molar-refractivity contribution in [1.82, 2.24) is 0 Å². The molecule has 0 saturated heterocycles. The molecule has 0 radical (unpaired) electrons. The number of benzene rings is 1. The molecular weight excluding hydrogens is 230 g/mol. The molecule has 0 aromatic heterocycles. The molecule has 0 heterocycles. The van der Waals surface area contributed by atoms with Crippen LogP contribution in [0.15, 0.2) is 55.6 Å². The molecule has 0 aliphatic carbocycles. The first kappa shape index (κ1) is 16.0. The van der Waals surface area contributed by atoms with Crippen molar-refractivity contribution >= 4 is 0 Å². The zero-order valence-corrected chi connectivity index (χ0v) is 11.1. The van der Waals surface area contributed by atoms with E-state index in [1.165, 1.54) is 24.9 Å². The van der Waals surface area contributed by atoms with Gasteiger partial charge in [0.05, 0.1) is 19.6 Å². The molecule has 17 heavy (non-hydrogen) atoms. The van der Waals surface area contributed by atoms with Gasteiger partial charge in [0, 0.05) is 6.42 Å². The van der Waals surface area contributed by atoms with Gasteiger partial charge < -0.3 is 17.3 Å². The molecule has 1 N–H and O–H groups in total. The van der Waals surface area contributed by atoms with Crippen molar-refractivity contribution in [1.29, 1.82) is 0 Å². The third-order valence-electron chi connectivity index (χ3n) is 2.70. The third kappa shape index (κ3) is 6.98. The molecule has 0 fully saturated rings. The lowest BCUT2D eigenvalue weighted by atomic mass is 10.1. The van der Waals surface area contributed by atoms with Gasteiger partial charge in [0.15, 0.2) is 0 Å². The molecule has 0 spiro atoms. The first-order valence-electron chi connectivity index (χ1n) is 5.96. The fourth-order valence-corrected chi connectivity index (χ4v) is 1.88. The first-order valence-corrected chi connectivity index (χ1v) is 5.96. The van der Waals surface area contributed by atoms with Crippen molar-refractivity contribution in [2.24, 2.45) is 0 Å². The second-order valence-electron chi connectivity index (χ2n) is 4.07. The highest BCUT2D eigenvalue weighted by Crippen LogP contribution is 2.00. The molecule has 0 amide bonds. The largest absolute Gasteiger partial charge is 1.00 e. The minimum absolute atomic E-state index is 0. The van der Waals surface area contributed by atoms with Gasteiger partial charge in [-0.3, -0.25) is 0 Å². The zero-order valence-electron chi connectivity index (χ0n) is 10.4. The SMILES string of the molecule is C=CC[NH+](CC=C)CCCc1ccccc1.[Cl-]. The Labute approximate surface area is 111 Å². The lowest BCUT2D eigenvalue weighted by Crippen LogP contribution is -3.11. The fraction of sp³-hybridized carbons (Fsp3) is 0.333. The molecule has 1 aromatic carbocycles. The van der Waals surface area contributed by atoms with E-state index in [0.29, 0.717) is 0 Å². The van der Waals surface area contributed by atoms with Gasteiger partial charge in [0.1, 0.15) is 0 Å². The summed E-state index contributed by atoms with van der Waals surface area (Å²) in [5.74, 6) is 0. The number of quaternary nitrogens is 1. The summed E-state index contributed by atoms with van der Waals surface area (Å²) in [6.07, 6.45) is 6.36. The van der Waals surface area contributed by atoms with Gasteiger partial charge in [-0.25, -0.2) is 0 Å². The summed E-state index contributed by atoms with van der Waals surface area (Å²) in [6, 6.07) is 10.7. The van der Waals surface area contributed by atoms with E-state index < -0.39 is 0 Å². The molecule has 1 aromatic rings. The number of halogens is 1. The first-order chi connectivity index (χ1) is 7.86. The van der Waals surface area contributed by atoms with Crippen LogP contribution in [0.2, 0.25) is 0 Å². The van der Waals surface area contributed by atoms with E-state index >= 15 is 0 Å². The predicted octanol–water partition coefficient (Wildman–Crippen LogP) is -1.12. The Hall–Kier alpha value is -1.05. The minimum atomic E-state index is 0. The van der Waals surface area contributed by atoms with E-state index in [0.717, 1.165) is 13.1 Å². The maximum atomic E-state index is 3.79. The number of hydrogen-bond acceptors (Lipinski definition) is 0. The summed E-state index contributed by atoms with van der Waals surface area (Å²) in [4.78, 5) is 1.54. The second kappa shape index (κ2) is 10.1. The Morgan fingerprint density at radius 3 is 2.12 bits per heavy atom. The lowest BCUT2D eigenvalue weighted by Gasteiger charge is -2.15. The van der Waals surface area contributed by atoms with Gasteiger partial charge in [-0.1, -0.05) is 43.5 Å². The summed E-state index contributed by atoms with van der Waals surface area (Å²) >= 11 is 0. The molecule has 0 saturated carbocycles. The van der Waals surface area contributed by atoms with Crippen molar-refractivity contribution in [2.75, 3.05) is 19.6 Å². The van der Waals surface area contributed by atoms with E-state index in [1.807, 2.05) is 12.2 Å². The van der Waals surface area contributed by atoms with Crippen molar-refractivity contribution in [3.63, 3.8) is 0 Å². The normalized spacial score (nSPS) is 9.71. The number of rotatable bonds is 8. The highest BCUT2D eigenvalue weighted by molar-refractivity contribution is 5.14. The molecule has 0 bridgehead atoms. The van der Waals surface area contributed by atoms with Gasteiger partial charge in [0.25, 0.3) is 0 Å². The Bertz CT molecular complexity index is 298. The van der Waals surface area contributed by atoms with Crippen molar-refractivity contribution in [3.8, 4) is 0 Å². The average Bonchev–Trinajstić information content (AvgIpc) is 2.31. The highest BCUT2D eigenvalue weighted by atomic mass is 35.5.